The molecule has 0 saturated heterocycles. The van der Waals surface area contributed by atoms with Crippen LogP contribution in [-0.4, -0.2) is 17.6 Å². The molecule has 0 radical (unpaired) electrons. The molecule has 3 nitrogen and oxygen atoms in total. The maximum atomic E-state index is 13.0. The number of pyridine rings is 1. The summed E-state index contributed by atoms with van der Waals surface area (Å²) >= 11 is 3.02. The molecule has 1 heterocycles. The Morgan fingerprint density at radius 1 is 1.40 bits per heavy atom. The summed E-state index contributed by atoms with van der Waals surface area (Å²) in [6.45, 7) is 0.305. The lowest BCUT2D eigenvalue weighted by atomic mass is 9.98. The van der Waals surface area contributed by atoms with E-state index in [2.05, 4.69) is 26.2 Å². The molecule has 112 valence electrons. The summed E-state index contributed by atoms with van der Waals surface area (Å²) in [6, 6.07) is 0.879. The molecule has 20 heavy (non-hydrogen) atoms. The fraction of sp³-hybridized carbons (Fsp3) is 0.615. The molecule has 0 spiro atoms. The number of halogens is 4. The van der Waals surface area contributed by atoms with E-state index in [0.717, 1.165) is 31.7 Å². The van der Waals surface area contributed by atoms with E-state index in [1.807, 2.05) is 0 Å². The number of nitrogens with two attached hydrogens (primary N) is 1. The van der Waals surface area contributed by atoms with Crippen molar-refractivity contribution in [1.29, 1.82) is 0 Å². The van der Waals surface area contributed by atoms with Crippen LogP contribution in [0, 0.1) is 5.92 Å². The molecule has 1 atom stereocenters. The van der Waals surface area contributed by atoms with Crippen LogP contribution in [0.2, 0.25) is 0 Å². The molecule has 1 unspecified atom stereocenters. The van der Waals surface area contributed by atoms with Crippen molar-refractivity contribution >= 4 is 21.7 Å². The molecular weight excluding hydrogens is 335 g/mol. The zero-order valence-corrected chi connectivity index (χ0v) is 12.5. The van der Waals surface area contributed by atoms with Crippen molar-refractivity contribution in [3.8, 4) is 0 Å². The molecule has 1 fully saturated rings. The first-order valence-corrected chi connectivity index (χ1v) is 7.40. The number of alkyl halides is 3. The molecule has 0 bridgehead atoms. The Morgan fingerprint density at radius 3 is 2.60 bits per heavy atom. The van der Waals surface area contributed by atoms with Gasteiger partial charge in [-0.2, -0.15) is 13.2 Å². The first kappa shape index (κ1) is 15.6. The summed E-state index contributed by atoms with van der Waals surface area (Å²) in [5.74, 6) is 0.189. The third-order valence-electron chi connectivity index (χ3n) is 3.70. The number of hydrogen-bond acceptors (Lipinski definition) is 3. The van der Waals surface area contributed by atoms with Crippen LogP contribution in [0.4, 0.5) is 19.0 Å². The standard InChI is InChI=1S/C13H17BrF3N3/c14-9-5-10(13(15,16)17)12(19-7-9)20-11(6-18)8-3-1-2-4-8/h5,7-8,11H,1-4,6,18H2,(H,19,20). The van der Waals surface area contributed by atoms with E-state index < -0.39 is 11.7 Å². The quantitative estimate of drug-likeness (QED) is 0.867. The van der Waals surface area contributed by atoms with Gasteiger partial charge in [0.05, 0.1) is 5.56 Å². The molecule has 0 aromatic carbocycles. The Morgan fingerprint density at radius 2 is 2.05 bits per heavy atom. The fourth-order valence-electron chi connectivity index (χ4n) is 2.67. The third kappa shape index (κ3) is 3.63. The van der Waals surface area contributed by atoms with E-state index in [9.17, 15) is 13.2 Å². The van der Waals surface area contributed by atoms with E-state index >= 15 is 0 Å². The van der Waals surface area contributed by atoms with Crippen LogP contribution >= 0.6 is 15.9 Å². The van der Waals surface area contributed by atoms with Crippen molar-refractivity contribution < 1.29 is 13.2 Å². The smallest absolute Gasteiger partial charge is 0.365 e. The van der Waals surface area contributed by atoms with Crippen molar-refractivity contribution in [1.82, 2.24) is 4.98 Å². The zero-order chi connectivity index (χ0) is 14.8. The van der Waals surface area contributed by atoms with Crippen LogP contribution in [0.15, 0.2) is 16.7 Å². The van der Waals surface area contributed by atoms with Crippen LogP contribution in [0.5, 0.6) is 0 Å². The van der Waals surface area contributed by atoms with E-state index in [1.54, 1.807) is 0 Å². The molecule has 0 aliphatic heterocycles. The largest absolute Gasteiger partial charge is 0.419 e. The van der Waals surface area contributed by atoms with Gasteiger partial charge >= 0.3 is 6.18 Å². The van der Waals surface area contributed by atoms with Crippen LogP contribution in [-0.2, 0) is 6.18 Å². The van der Waals surface area contributed by atoms with Crippen molar-refractivity contribution in [2.24, 2.45) is 11.7 Å². The third-order valence-corrected chi connectivity index (χ3v) is 4.14. The molecule has 1 aromatic heterocycles. The average molecular weight is 352 g/mol. The second-order valence-corrected chi connectivity index (χ2v) is 5.99. The number of nitrogens with one attached hydrogen (secondary N) is 1. The fourth-order valence-corrected chi connectivity index (χ4v) is 3.01. The lowest BCUT2D eigenvalue weighted by molar-refractivity contribution is -0.137. The predicted molar refractivity (Wildman–Crippen MR) is 75.4 cm³/mol. The van der Waals surface area contributed by atoms with Crippen molar-refractivity contribution in [3.05, 3.63) is 22.3 Å². The maximum absolute atomic E-state index is 13.0. The Balaban J connectivity index is 2.23. The summed E-state index contributed by atoms with van der Waals surface area (Å²) in [6.07, 6.45) is 1.17. The highest BCUT2D eigenvalue weighted by Crippen LogP contribution is 2.36. The van der Waals surface area contributed by atoms with Crippen molar-refractivity contribution in [2.45, 2.75) is 37.9 Å². The second-order valence-electron chi connectivity index (χ2n) is 5.08. The minimum Gasteiger partial charge on any atom is -0.365 e. The summed E-state index contributed by atoms with van der Waals surface area (Å²) < 4.78 is 39.4. The van der Waals surface area contributed by atoms with E-state index in [4.69, 9.17) is 5.73 Å². The SMILES string of the molecule is NCC(Nc1ncc(Br)cc1C(F)(F)F)C1CCCC1. The Hall–Kier alpha value is -0.820. The van der Waals surface area contributed by atoms with E-state index in [-0.39, 0.29) is 11.9 Å². The lowest BCUT2D eigenvalue weighted by Gasteiger charge is -2.25. The molecule has 2 rings (SSSR count). The van der Waals surface area contributed by atoms with Crippen molar-refractivity contribution in [2.75, 3.05) is 11.9 Å². The topological polar surface area (TPSA) is 50.9 Å². The molecule has 1 aliphatic carbocycles. The van der Waals surface area contributed by atoms with Crippen LogP contribution < -0.4 is 11.1 Å². The van der Waals surface area contributed by atoms with Crippen LogP contribution in [0.3, 0.4) is 0 Å². The van der Waals surface area contributed by atoms with Gasteiger partial charge in [-0.25, -0.2) is 4.98 Å². The second kappa shape index (κ2) is 6.30. The molecule has 3 N–H and O–H groups in total. The van der Waals surface area contributed by atoms with Crippen molar-refractivity contribution in [3.63, 3.8) is 0 Å². The lowest BCUT2D eigenvalue weighted by Crippen LogP contribution is -2.36. The van der Waals surface area contributed by atoms with Gasteiger partial charge in [-0.1, -0.05) is 12.8 Å². The Labute approximate surface area is 124 Å². The van der Waals surface area contributed by atoms with Gasteiger partial charge in [0.15, 0.2) is 0 Å². The number of rotatable bonds is 4. The maximum Gasteiger partial charge on any atom is 0.419 e. The van der Waals surface area contributed by atoms with Gasteiger partial charge in [0.2, 0.25) is 0 Å². The molecular formula is C13H17BrF3N3. The van der Waals surface area contributed by atoms with Crippen LogP contribution in [0.25, 0.3) is 0 Å². The summed E-state index contributed by atoms with van der Waals surface area (Å²) in [5.41, 5.74) is 4.95. The predicted octanol–water partition coefficient (Wildman–Crippen LogP) is 3.79. The van der Waals surface area contributed by atoms with Gasteiger partial charge in [-0.15, -0.1) is 0 Å². The van der Waals surface area contributed by atoms with E-state index in [1.165, 1.54) is 6.20 Å². The Bertz CT molecular complexity index is 459. The van der Waals surface area contributed by atoms with Gasteiger partial charge in [0.1, 0.15) is 5.82 Å². The highest BCUT2D eigenvalue weighted by atomic mass is 79.9. The van der Waals surface area contributed by atoms with Crippen LogP contribution in [0.1, 0.15) is 31.2 Å². The molecule has 1 aromatic rings. The van der Waals surface area contributed by atoms with Gasteiger partial charge in [0.25, 0.3) is 0 Å². The van der Waals surface area contributed by atoms with Gasteiger partial charge in [-0.3, -0.25) is 0 Å². The average Bonchev–Trinajstić information content (AvgIpc) is 2.90. The summed E-state index contributed by atoms with van der Waals surface area (Å²) in [7, 11) is 0. The minimum atomic E-state index is -4.44. The van der Waals surface area contributed by atoms with E-state index in [0.29, 0.717) is 16.9 Å². The highest BCUT2D eigenvalue weighted by molar-refractivity contribution is 9.10. The summed E-state index contributed by atoms with van der Waals surface area (Å²) in [5, 5.41) is 2.90. The number of aromatic nitrogens is 1. The first-order valence-electron chi connectivity index (χ1n) is 6.61. The molecule has 0 amide bonds. The normalized spacial score (nSPS) is 18.2. The monoisotopic (exact) mass is 351 g/mol. The van der Waals surface area contributed by atoms with Gasteiger partial charge < -0.3 is 11.1 Å². The molecule has 1 aliphatic rings. The minimum absolute atomic E-state index is 0.136. The Kier molecular flexibility index (Phi) is 4.90. The van der Waals surface area contributed by atoms with Gasteiger partial charge in [0, 0.05) is 23.3 Å². The molecule has 7 heteroatoms. The number of hydrogen-bond donors (Lipinski definition) is 2. The summed E-state index contributed by atoms with van der Waals surface area (Å²) in [4.78, 5) is 3.87. The van der Waals surface area contributed by atoms with Gasteiger partial charge in [-0.05, 0) is 40.8 Å². The number of anilines is 1. The molecule has 1 saturated carbocycles. The highest BCUT2D eigenvalue weighted by Gasteiger charge is 2.36. The number of nitrogens with zero attached hydrogens (tertiary/aromatic N) is 1. The zero-order valence-electron chi connectivity index (χ0n) is 10.9. The first-order chi connectivity index (χ1) is 9.41.